The maximum atomic E-state index is 12.1. The van der Waals surface area contributed by atoms with Crippen molar-refractivity contribution in [3.63, 3.8) is 0 Å². The molecular formula is C17H10BrF2NO3. The lowest BCUT2D eigenvalue weighted by Crippen LogP contribution is -2.05. The molecular weight excluding hydrogens is 384 g/mol. The van der Waals surface area contributed by atoms with Crippen LogP contribution in [0.25, 0.3) is 6.08 Å². The van der Waals surface area contributed by atoms with Crippen LogP contribution in [0.5, 0.6) is 5.75 Å². The van der Waals surface area contributed by atoms with Gasteiger partial charge in [-0.3, -0.25) is 0 Å². The normalized spacial score (nSPS) is 15.6. The van der Waals surface area contributed by atoms with Crippen molar-refractivity contribution in [2.24, 2.45) is 4.99 Å². The van der Waals surface area contributed by atoms with Gasteiger partial charge in [0.25, 0.3) is 0 Å². The average Bonchev–Trinajstić information content (AvgIpc) is 2.90. The van der Waals surface area contributed by atoms with Crippen LogP contribution in [0.1, 0.15) is 11.1 Å². The fraction of sp³-hybridized carbons (Fsp3) is 0.0588. The zero-order valence-electron chi connectivity index (χ0n) is 12.1. The number of benzene rings is 2. The van der Waals surface area contributed by atoms with E-state index in [0.29, 0.717) is 11.1 Å². The van der Waals surface area contributed by atoms with Crippen molar-refractivity contribution in [3.8, 4) is 5.75 Å². The van der Waals surface area contributed by atoms with E-state index in [4.69, 9.17) is 4.74 Å². The Morgan fingerprint density at radius 1 is 1.08 bits per heavy atom. The van der Waals surface area contributed by atoms with E-state index in [1.54, 1.807) is 24.3 Å². The van der Waals surface area contributed by atoms with E-state index in [2.05, 4.69) is 25.7 Å². The quantitative estimate of drug-likeness (QED) is 0.571. The lowest BCUT2D eigenvalue weighted by Gasteiger charge is -2.03. The molecule has 0 aromatic heterocycles. The van der Waals surface area contributed by atoms with Gasteiger partial charge in [-0.25, -0.2) is 9.79 Å². The highest BCUT2D eigenvalue weighted by Gasteiger charge is 2.24. The molecule has 2 aromatic carbocycles. The van der Waals surface area contributed by atoms with E-state index in [1.165, 1.54) is 18.2 Å². The van der Waals surface area contributed by atoms with Crippen molar-refractivity contribution in [1.82, 2.24) is 0 Å². The minimum Gasteiger partial charge on any atom is -0.435 e. The molecule has 0 unspecified atom stereocenters. The van der Waals surface area contributed by atoms with Gasteiger partial charge in [0.15, 0.2) is 5.70 Å². The zero-order chi connectivity index (χ0) is 17.1. The molecule has 0 fully saturated rings. The Morgan fingerprint density at radius 2 is 1.75 bits per heavy atom. The Hall–Kier alpha value is -2.54. The molecule has 24 heavy (non-hydrogen) atoms. The summed E-state index contributed by atoms with van der Waals surface area (Å²) in [5, 5.41) is 0. The lowest BCUT2D eigenvalue weighted by atomic mass is 10.2. The highest BCUT2D eigenvalue weighted by atomic mass is 79.9. The van der Waals surface area contributed by atoms with E-state index in [0.717, 1.165) is 4.47 Å². The summed E-state index contributed by atoms with van der Waals surface area (Å²) in [7, 11) is 0. The number of esters is 1. The number of cyclic esters (lactones) is 1. The van der Waals surface area contributed by atoms with Gasteiger partial charge in [-0.2, -0.15) is 8.78 Å². The van der Waals surface area contributed by atoms with Gasteiger partial charge in [-0.1, -0.05) is 28.1 Å². The summed E-state index contributed by atoms with van der Waals surface area (Å²) in [5.74, 6) is -0.308. The number of halogens is 3. The number of ether oxygens (including phenoxy) is 2. The van der Waals surface area contributed by atoms with Crippen LogP contribution in [0.4, 0.5) is 8.78 Å². The fourth-order valence-electron chi connectivity index (χ4n) is 2.03. The first-order valence-corrected chi connectivity index (χ1v) is 7.64. The third kappa shape index (κ3) is 3.86. The van der Waals surface area contributed by atoms with Crippen LogP contribution in [0.3, 0.4) is 0 Å². The molecule has 3 rings (SSSR count). The van der Waals surface area contributed by atoms with Crippen LogP contribution in [-0.4, -0.2) is 18.5 Å². The molecule has 4 nitrogen and oxygen atoms in total. The topological polar surface area (TPSA) is 47.9 Å². The first-order chi connectivity index (χ1) is 11.5. The molecule has 1 heterocycles. The van der Waals surface area contributed by atoms with Crippen LogP contribution in [0, 0.1) is 0 Å². The van der Waals surface area contributed by atoms with Crippen LogP contribution in [0.15, 0.2) is 63.7 Å². The van der Waals surface area contributed by atoms with Crippen molar-refractivity contribution in [1.29, 1.82) is 0 Å². The Kier molecular flexibility index (Phi) is 4.71. The second-order valence-corrected chi connectivity index (χ2v) is 5.71. The summed E-state index contributed by atoms with van der Waals surface area (Å²) in [5.41, 5.74) is 1.43. The molecule has 0 spiro atoms. The standard InChI is InChI=1S/C17H10BrF2NO3/c18-12-5-3-11(4-6-12)15-21-14(16(22)24-15)9-10-1-7-13(8-2-10)23-17(19)20/h1-9,17H/b14-9-. The van der Waals surface area contributed by atoms with Crippen molar-refractivity contribution in [2.75, 3.05) is 0 Å². The van der Waals surface area contributed by atoms with Gasteiger partial charge in [0, 0.05) is 10.0 Å². The molecule has 122 valence electrons. The molecule has 0 N–H and O–H groups in total. The number of alkyl halides is 2. The SMILES string of the molecule is O=C1OC(c2ccc(Br)cc2)=N/C1=C\c1ccc(OC(F)F)cc1. The molecule has 1 aliphatic heterocycles. The summed E-state index contributed by atoms with van der Waals surface area (Å²) < 4.78 is 34.5. The maximum Gasteiger partial charge on any atom is 0.387 e. The van der Waals surface area contributed by atoms with Crippen LogP contribution >= 0.6 is 15.9 Å². The predicted octanol–water partition coefficient (Wildman–Crippen LogP) is 4.40. The van der Waals surface area contributed by atoms with E-state index in [9.17, 15) is 13.6 Å². The van der Waals surface area contributed by atoms with Crippen molar-refractivity contribution < 1.29 is 23.0 Å². The minimum absolute atomic E-state index is 0.0419. The van der Waals surface area contributed by atoms with Gasteiger partial charge >= 0.3 is 12.6 Å². The summed E-state index contributed by atoms with van der Waals surface area (Å²) in [6.45, 7) is -2.88. The van der Waals surface area contributed by atoms with Crippen LogP contribution in [-0.2, 0) is 9.53 Å². The fourth-order valence-corrected chi connectivity index (χ4v) is 2.29. The summed E-state index contributed by atoms with van der Waals surface area (Å²) in [6, 6.07) is 13.0. The number of carbonyl (C=O) groups excluding carboxylic acids is 1. The second kappa shape index (κ2) is 6.92. The Labute approximate surface area is 144 Å². The Bertz CT molecular complexity index is 815. The third-order valence-corrected chi connectivity index (χ3v) is 3.65. The number of carbonyl (C=O) groups is 1. The van der Waals surface area contributed by atoms with Crippen molar-refractivity contribution >= 4 is 33.9 Å². The molecule has 1 aliphatic rings. The van der Waals surface area contributed by atoms with Crippen LogP contribution in [0.2, 0.25) is 0 Å². The van der Waals surface area contributed by atoms with Gasteiger partial charge in [-0.15, -0.1) is 0 Å². The summed E-state index contributed by atoms with van der Waals surface area (Å²) >= 11 is 3.33. The molecule has 0 amide bonds. The maximum absolute atomic E-state index is 12.1. The van der Waals surface area contributed by atoms with Gasteiger partial charge in [-0.05, 0) is 48.0 Å². The molecule has 0 radical (unpaired) electrons. The number of nitrogens with zero attached hydrogens (tertiary/aromatic N) is 1. The molecule has 2 aromatic rings. The average molecular weight is 394 g/mol. The molecule has 0 bridgehead atoms. The van der Waals surface area contributed by atoms with E-state index >= 15 is 0 Å². The molecule has 0 saturated carbocycles. The molecule has 0 saturated heterocycles. The number of hydrogen-bond donors (Lipinski definition) is 0. The number of rotatable bonds is 4. The van der Waals surface area contributed by atoms with Crippen molar-refractivity contribution in [2.45, 2.75) is 6.61 Å². The van der Waals surface area contributed by atoms with Gasteiger partial charge in [0.2, 0.25) is 5.90 Å². The van der Waals surface area contributed by atoms with E-state index in [1.807, 2.05) is 12.1 Å². The first kappa shape index (κ1) is 16.3. The van der Waals surface area contributed by atoms with Gasteiger partial charge in [0.05, 0.1) is 0 Å². The zero-order valence-corrected chi connectivity index (χ0v) is 13.7. The molecule has 7 heteroatoms. The smallest absolute Gasteiger partial charge is 0.387 e. The van der Waals surface area contributed by atoms with E-state index < -0.39 is 12.6 Å². The van der Waals surface area contributed by atoms with Crippen molar-refractivity contribution in [3.05, 3.63) is 69.8 Å². The van der Waals surface area contributed by atoms with Gasteiger partial charge < -0.3 is 9.47 Å². The Morgan fingerprint density at radius 3 is 2.38 bits per heavy atom. The number of aliphatic imine (C=N–C) groups is 1. The molecule has 0 atom stereocenters. The predicted molar refractivity (Wildman–Crippen MR) is 87.8 cm³/mol. The summed E-state index contributed by atoms with van der Waals surface area (Å²) in [6.07, 6.45) is 1.51. The first-order valence-electron chi connectivity index (χ1n) is 6.84. The van der Waals surface area contributed by atoms with E-state index in [-0.39, 0.29) is 17.3 Å². The largest absolute Gasteiger partial charge is 0.435 e. The minimum atomic E-state index is -2.88. The third-order valence-electron chi connectivity index (χ3n) is 3.12. The summed E-state index contributed by atoms with van der Waals surface area (Å²) in [4.78, 5) is 16.1. The lowest BCUT2D eigenvalue weighted by molar-refractivity contribution is -0.129. The molecule has 0 aliphatic carbocycles. The van der Waals surface area contributed by atoms with Crippen LogP contribution < -0.4 is 4.74 Å². The Balaban J connectivity index is 1.81. The highest BCUT2D eigenvalue weighted by molar-refractivity contribution is 9.10. The van der Waals surface area contributed by atoms with Gasteiger partial charge in [0.1, 0.15) is 5.75 Å². The second-order valence-electron chi connectivity index (χ2n) is 4.79. The highest BCUT2D eigenvalue weighted by Crippen LogP contribution is 2.22. The number of hydrogen-bond acceptors (Lipinski definition) is 4. The monoisotopic (exact) mass is 393 g/mol.